The average Bonchev–Trinajstić information content (AvgIpc) is 3.32. The number of aromatic nitrogens is 12. The number of nitrogens with zero attached hydrogens (tertiary/aromatic N) is 12. The van der Waals surface area contributed by atoms with E-state index in [0.717, 1.165) is 23.5 Å². The number of ether oxygens (including phenoxy) is 6. The molecular formula is C39H44F12N12O12S2. The van der Waals surface area contributed by atoms with Crippen molar-refractivity contribution in [2.24, 2.45) is 0 Å². The van der Waals surface area contributed by atoms with Crippen molar-refractivity contribution in [3.8, 4) is 0 Å². The number of carbonyl (C=O) groups is 6. The Bertz CT molecular complexity index is 2660. The Morgan fingerprint density at radius 2 is 0.662 bits per heavy atom. The third kappa shape index (κ3) is 22.5. The van der Waals surface area contributed by atoms with Crippen molar-refractivity contribution in [3.63, 3.8) is 0 Å². The summed E-state index contributed by atoms with van der Waals surface area (Å²) in [4.78, 5) is 81.9. The average molecular weight is 1160 g/mol. The van der Waals surface area contributed by atoms with Crippen LogP contribution in [0.4, 0.5) is 52.7 Å². The Morgan fingerprint density at radius 1 is 0.377 bits per heavy atom. The van der Waals surface area contributed by atoms with Crippen LogP contribution in [0.3, 0.4) is 0 Å². The summed E-state index contributed by atoms with van der Waals surface area (Å²) in [5, 5.41) is 24.4. The molecule has 4 heterocycles. The summed E-state index contributed by atoms with van der Waals surface area (Å²) < 4.78 is 179. The van der Waals surface area contributed by atoms with Crippen molar-refractivity contribution in [3.05, 3.63) is 57.2 Å². The van der Waals surface area contributed by atoms with E-state index in [9.17, 15) is 81.5 Å². The first-order chi connectivity index (χ1) is 35.1. The SMILES string of the molecule is C.CCOC(=O)c1nc(C(=O)OC(C)(C)C)nnc1C(F)(F)F.CCOC(=O)c1nc(SC)nnc1C(F)(F)F.CCOC(=O)c1nnc(C(F)(F)F)c(C(=O)OCC)n1.CCOC(=O)c1nnc(SC)nc1C(F)(F)F. The Labute approximate surface area is 435 Å². The highest BCUT2D eigenvalue weighted by molar-refractivity contribution is 7.98. The summed E-state index contributed by atoms with van der Waals surface area (Å²) in [6, 6.07) is 0. The summed E-state index contributed by atoms with van der Waals surface area (Å²) >= 11 is 1.87. The Morgan fingerprint density at radius 3 is 0.987 bits per heavy atom. The largest absolute Gasteiger partial charge is 0.461 e. The molecule has 38 heteroatoms. The van der Waals surface area contributed by atoms with Crippen LogP contribution >= 0.6 is 23.5 Å². The van der Waals surface area contributed by atoms with Crippen LogP contribution in [0.1, 0.15) is 149 Å². The van der Waals surface area contributed by atoms with Crippen LogP contribution in [0.15, 0.2) is 10.3 Å². The lowest BCUT2D eigenvalue weighted by molar-refractivity contribution is -0.143. The van der Waals surface area contributed by atoms with Crippen LogP contribution in [0, 0.1) is 0 Å². The Hall–Kier alpha value is -7.28. The molecule has 0 unspecified atom stereocenters. The number of carbonyl (C=O) groups excluding carboxylic acids is 6. The number of thioether (sulfide) groups is 2. The summed E-state index contributed by atoms with van der Waals surface area (Å²) in [7, 11) is 0. The number of hydrogen-bond acceptors (Lipinski definition) is 26. The minimum atomic E-state index is -4.96. The normalized spacial score (nSPS) is 11.3. The number of halogens is 12. The van der Waals surface area contributed by atoms with Gasteiger partial charge in [0.2, 0.25) is 16.0 Å². The van der Waals surface area contributed by atoms with Gasteiger partial charge >= 0.3 is 60.5 Å². The zero-order valence-electron chi connectivity index (χ0n) is 40.7. The zero-order chi connectivity index (χ0) is 58.6. The van der Waals surface area contributed by atoms with Crippen LogP contribution in [-0.2, 0) is 53.1 Å². The smallest absolute Gasteiger partial charge is 0.437 e. The molecule has 77 heavy (non-hydrogen) atoms. The minimum absolute atomic E-state index is 0. The molecule has 4 aromatic heterocycles. The third-order valence-electron chi connectivity index (χ3n) is 7.06. The van der Waals surface area contributed by atoms with Gasteiger partial charge in [0, 0.05) is 0 Å². The van der Waals surface area contributed by atoms with Gasteiger partial charge in [0.15, 0.2) is 39.9 Å². The second-order valence-electron chi connectivity index (χ2n) is 13.8. The Balaban J connectivity index is 0.00000100. The van der Waals surface area contributed by atoms with Gasteiger partial charge in [0.25, 0.3) is 11.6 Å². The maximum atomic E-state index is 12.8. The predicted molar refractivity (Wildman–Crippen MR) is 235 cm³/mol. The molecule has 0 atom stereocenters. The van der Waals surface area contributed by atoms with Gasteiger partial charge in [0.1, 0.15) is 5.60 Å². The maximum Gasteiger partial charge on any atom is 0.437 e. The van der Waals surface area contributed by atoms with Gasteiger partial charge in [0.05, 0.1) is 33.0 Å². The molecule has 0 aliphatic rings. The minimum Gasteiger partial charge on any atom is -0.461 e. The van der Waals surface area contributed by atoms with Gasteiger partial charge in [-0.25, -0.2) is 48.7 Å². The molecule has 4 aromatic rings. The van der Waals surface area contributed by atoms with Crippen LogP contribution in [0.2, 0.25) is 0 Å². The number of esters is 6. The van der Waals surface area contributed by atoms with Gasteiger partial charge in [-0.2, -0.15) is 52.7 Å². The van der Waals surface area contributed by atoms with E-state index in [1.54, 1.807) is 27.0 Å². The van der Waals surface area contributed by atoms with E-state index in [0.29, 0.717) is 0 Å². The number of hydrogen-bond donors (Lipinski definition) is 0. The number of alkyl halides is 12. The first-order valence-corrected chi connectivity index (χ1v) is 23.0. The van der Waals surface area contributed by atoms with Crippen molar-refractivity contribution < 1.29 is 110 Å². The summed E-state index contributed by atoms with van der Waals surface area (Å²) in [5.74, 6) is -8.74. The van der Waals surface area contributed by atoms with Crippen molar-refractivity contribution >= 4 is 59.3 Å². The molecule has 0 saturated carbocycles. The van der Waals surface area contributed by atoms with E-state index in [-0.39, 0.29) is 50.8 Å². The highest BCUT2D eigenvalue weighted by atomic mass is 32.2. The van der Waals surface area contributed by atoms with Crippen LogP contribution in [-0.4, -0.2) is 148 Å². The first kappa shape index (κ1) is 69.7. The van der Waals surface area contributed by atoms with Gasteiger partial charge in [-0.1, -0.05) is 31.0 Å². The number of rotatable bonds is 13. The topological polar surface area (TPSA) is 312 Å². The second kappa shape index (κ2) is 30.5. The molecule has 0 bridgehead atoms. The van der Waals surface area contributed by atoms with Crippen molar-refractivity contribution in [2.45, 2.75) is 103 Å². The standard InChI is InChI=1S/C12H14F3N3O4.C10H10F3N3O4.2C8H8F3N3O2S.CH4/c1-5-21-9(19)6-7(12(13,14)15)17-18-8(16-6)10(20)22-11(2,3)4;1-3-19-8(17)5-6(10(11,12)13)15-16-7(14-5)9(18)20-4-2;1-3-16-6(15)4-5(8(9,10)11)12-7(17-2)14-13-4;1-3-16-6(15)4-5(8(9,10)11)13-14-7(12-4)17-2;/h5H2,1-4H3;3-4H2,1-2H3;2*3H2,1-2H3;1H4. The fourth-order valence-electron chi connectivity index (χ4n) is 4.27. The van der Waals surface area contributed by atoms with Crippen LogP contribution in [0.5, 0.6) is 0 Å². The third-order valence-corrected chi connectivity index (χ3v) is 8.14. The molecule has 0 spiro atoms. The maximum absolute atomic E-state index is 12.8. The molecule has 0 radical (unpaired) electrons. The quantitative estimate of drug-likeness (QED) is 0.0542. The van der Waals surface area contributed by atoms with Crippen LogP contribution in [0.25, 0.3) is 0 Å². The fourth-order valence-corrected chi connectivity index (χ4v) is 4.88. The molecule has 0 aromatic carbocycles. The van der Waals surface area contributed by atoms with E-state index in [1.807, 2.05) is 0 Å². The highest BCUT2D eigenvalue weighted by Crippen LogP contribution is 2.33. The molecule has 0 saturated heterocycles. The lowest BCUT2D eigenvalue weighted by atomic mass is 10.2. The summed E-state index contributed by atoms with van der Waals surface area (Å²) in [5.41, 5.74) is -11.0. The second-order valence-corrected chi connectivity index (χ2v) is 15.3. The molecule has 0 N–H and O–H groups in total. The highest BCUT2D eigenvalue weighted by Gasteiger charge is 2.43. The molecule has 0 aliphatic carbocycles. The summed E-state index contributed by atoms with van der Waals surface area (Å²) in [6.07, 6.45) is -16.4. The predicted octanol–water partition coefficient (Wildman–Crippen LogP) is 7.48. The molecule has 24 nitrogen and oxygen atoms in total. The molecule has 428 valence electrons. The van der Waals surface area contributed by atoms with Crippen molar-refractivity contribution in [1.82, 2.24) is 60.7 Å². The molecule has 0 amide bonds. The monoisotopic (exact) mass is 1160 g/mol. The van der Waals surface area contributed by atoms with E-state index in [4.69, 9.17) is 4.74 Å². The van der Waals surface area contributed by atoms with Gasteiger partial charge < -0.3 is 28.4 Å². The van der Waals surface area contributed by atoms with Gasteiger partial charge in [-0.3, -0.25) is 0 Å². The van der Waals surface area contributed by atoms with Crippen LogP contribution < -0.4 is 0 Å². The fraction of sp³-hybridized carbons (Fsp3) is 0.538. The van der Waals surface area contributed by atoms with Crippen molar-refractivity contribution in [1.29, 1.82) is 0 Å². The van der Waals surface area contributed by atoms with E-state index < -0.39 is 123 Å². The van der Waals surface area contributed by atoms with Gasteiger partial charge in [-0.05, 0) is 67.9 Å². The van der Waals surface area contributed by atoms with Crippen molar-refractivity contribution in [2.75, 3.05) is 45.5 Å². The molecule has 0 fully saturated rings. The molecule has 0 aliphatic heterocycles. The first-order valence-electron chi connectivity index (χ1n) is 20.5. The summed E-state index contributed by atoms with van der Waals surface area (Å²) in [6.45, 7) is 11.5. The zero-order valence-corrected chi connectivity index (χ0v) is 42.3. The molecular weight excluding hydrogens is 1120 g/mol. The van der Waals surface area contributed by atoms with E-state index in [1.165, 1.54) is 40.9 Å². The molecule has 4 rings (SSSR count). The van der Waals surface area contributed by atoms with E-state index >= 15 is 0 Å². The Kier molecular flexibility index (Phi) is 27.6. The lowest BCUT2D eigenvalue weighted by Crippen LogP contribution is -2.28. The van der Waals surface area contributed by atoms with Gasteiger partial charge in [-0.15, -0.1) is 40.8 Å². The van der Waals surface area contributed by atoms with E-state index in [2.05, 4.69) is 84.4 Å². The lowest BCUT2D eigenvalue weighted by Gasteiger charge is -2.18.